The third-order valence-electron chi connectivity index (χ3n) is 4.31. The van der Waals surface area contributed by atoms with Gasteiger partial charge in [-0.05, 0) is 36.4 Å². The van der Waals surface area contributed by atoms with Crippen LogP contribution in [0.1, 0.15) is 16.7 Å². The van der Waals surface area contributed by atoms with E-state index in [1.54, 1.807) is 12.1 Å². The van der Waals surface area contributed by atoms with E-state index in [4.69, 9.17) is 0 Å². The highest BCUT2D eigenvalue weighted by atomic mass is 32.2. The minimum Gasteiger partial charge on any atom is -0.354 e. The van der Waals surface area contributed by atoms with Crippen LogP contribution in [0.4, 0.5) is 9.18 Å². The number of carbonyl (C=O) groups excluding carboxylic acids is 3. The van der Waals surface area contributed by atoms with E-state index >= 15 is 0 Å². The van der Waals surface area contributed by atoms with E-state index in [1.165, 1.54) is 35.5 Å². The van der Waals surface area contributed by atoms with Gasteiger partial charge in [0, 0.05) is 24.4 Å². The Balaban J connectivity index is 1.44. The number of benzene rings is 2. The first-order valence-electron chi connectivity index (χ1n) is 9.34. The van der Waals surface area contributed by atoms with Crippen LogP contribution in [0, 0.1) is 12.7 Å². The number of nitrogens with zero attached hydrogens (tertiary/aromatic N) is 1. The molecular formula is C22H21FN2O3S2. The third kappa shape index (κ3) is 5.96. The molecule has 0 unspecified atom stereocenters. The lowest BCUT2D eigenvalue weighted by Crippen LogP contribution is -2.37. The first-order chi connectivity index (χ1) is 14.4. The van der Waals surface area contributed by atoms with Gasteiger partial charge < -0.3 is 5.32 Å². The Kier molecular flexibility index (Phi) is 7.70. The van der Waals surface area contributed by atoms with Crippen LogP contribution in [-0.4, -0.2) is 40.8 Å². The van der Waals surface area contributed by atoms with Gasteiger partial charge in [0.25, 0.3) is 11.1 Å². The van der Waals surface area contributed by atoms with Crippen LogP contribution >= 0.6 is 23.5 Å². The van der Waals surface area contributed by atoms with Crippen LogP contribution in [0.2, 0.25) is 0 Å². The van der Waals surface area contributed by atoms with Gasteiger partial charge in [0.2, 0.25) is 5.91 Å². The molecule has 0 atom stereocenters. The van der Waals surface area contributed by atoms with Gasteiger partial charge in [-0.25, -0.2) is 4.39 Å². The number of carbonyl (C=O) groups is 3. The summed E-state index contributed by atoms with van der Waals surface area (Å²) in [6.45, 7) is 2.28. The maximum Gasteiger partial charge on any atom is 0.293 e. The molecule has 0 radical (unpaired) electrons. The van der Waals surface area contributed by atoms with E-state index in [1.807, 2.05) is 25.1 Å². The van der Waals surface area contributed by atoms with Crippen molar-refractivity contribution in [3.05, 3.63) is 75.9 Å². The second-order valence-electron chi connectivity index (χ2n) is 6.69. The molecule has 2 aromatic carbocycles. The fourth-order valence-corrected chi connectivity index (χ4v) is 4.51. The Morgan fingerprint density at radius 1 is 1.20 bits per heavy atom. The summed E-state index contributed by atoms with van der Waals surface area (Å²) >= 11 is 2.27. The smallest absolute Gasteiger partial charge is 0.293 e. The molecule has 3 amide bonds. The minimum atomic E-state index is -0.476. The van der Waals surface area contributed by atoms with Gasteiger partial charge in [0.05, 0.1) is 10.7 Å². The predicted octanol–water partition coefficient (Wildman–Crippen LogP) is 4.22. The zero-order chi connectivity index (χ0) is 21.5. The lowest BCUT2D eigenvalue weighted by molar-refractivity contribution is -0.123. The van der Waals surface area contributed by atoms with Crippen molar-refractivity contribution in [2.24, 2.45) is 0 Å². The van der Waals surface area contributed by atoms with Gasteiger partial charge in [0.15, 0.2) is 0 Å². The number of hydrogen-bond donors (Lipinski definition) is 1. The molecule has 0 aromatic heterocycles. The fourth-order valence-electron chi connectivity index (χ4n) is 2.85. The lowest BCUT2D eigenvalue weighted by atomic mass is 10.2. The highest BCUT2D eigenvalue weighted by molar-refractivity contribution is 8.18. The van der Waals surface area contributed by atoms with E-state index < -0.39 is 17.0 Å². The van der Waals surface area contributed by atoms with Crippen LogP contribution in [0.25, 0.3) is 6.08 Å². The Hall–Kier alpha value is -2.58. The van der Waals surface area contributed by atoms with Crippen LogP contribution in [-0.2, 0) is 15.3 Å². The van der Waals surface area contributed by atoms with Crippen molar-refractivity contribution in [1.82, 2.24) is 10.2 Å². The van der Waals surface area contributed by atoms with Gasteiger partial charge in [0.1, 0.15) is 5.82 Å². The summed E-state index contributed by atoms with van der Waals surface area (Å²) < 4.78 is 13.8. The van der Waals surface area contributed by atoms with Crippen LogP contribution in [0.15, 0.2) is 53.4 Å². The van der Waals surface area contributed by atoms with Crippen LogP contribution in [0.5, 0.6) is 0 Å². The molecule has 30 heavy (non-hydrogen) atoms. The molecule has 3 rings (SSSR count). The molecular weight excluding hydrogens is 423 g/mol. The van der Waals surface area contributed by atoms with Crippen molar-refractivity contribution in [1.29, 1.82) is 0 Å². The number of hydrogen-bond acceptors (Lipinski definition) is 5. The molecule has 1 aliphatic rings. The summed E-state index contributed by atoms with van der Waals surface area (Å²) in [6.07, 6.45) is 1.38. The summed E-state index contributed by atoms with van der Waals surface area (Å²) in [7, 11) is 0. The number of thioether (sulfide) groups is 2. The zero-order valence-electron chi connectivity index (χ0n) is 16.4. The second-order valence-corrected chi connectivity index (χ2v) is 8.67. The van der Waals surface area contributed by atoms with Crippen molar-refractivity contribution >= 4 is 46.7 Å². The lowest BCUT2D eigenvalue weighted by Gasteiger charge is -2.13. The summed E-state index contributed by atoms with van der Waals surface area (Å²) in [5, 5.41) is 2.30. The van der Waals surface area contributed by atoms with Gasteiger partial charge in [-0.15, -0.1) is 11.8 Å². The normalized spacial score (nSPS) is 15.1. The predicted molar refractivity (Wildman–Crippen MR) is 119 cm³/mol. The number of rotatable bonds is 8. The summed E-state index contributed by atoms with van der Waals surface area (Å²) in [5.41, 5.74) is 2.59. The molecule has 2 aromatic rings. The molecule has 5 nitrogen and oxygen atoms in total. The number of aryl methyl sites for hydroxylation is 1. The largest absolute Gasteiger partial charge is 0.354 e. The Morgan fingerprint density at radius 2 is 2.00 bits per heavy atom. The average molecular weight is 445 g/mol. The van der Waals surface area contributed by atoms with Crippen molar-refractivity contribution in [2.45, 2.75) is 12.7 Å². The van der Waals surface area contributed by atoms with Crippen molar-refractivity contribution < 1.29 is 18.8 Å². The Bertz CT molecular complexity index is 994. The molecule has 1 heterocycles. The van der Waals surface area contributed by atoms with Crippen molar-refractivity contribution in [3.8, 4) is 0 Å². The van der Waals surface area contributed by atoms with Gasteiger partial charge in [-0.3, -0.25) is 19.3 Å². The fraction of sp³-hybridized carbons (Fsp3) is 0.227. The monoisotopic (exact) mass is 444 g/mol. The highest BCUT2D eigenvalue weighted by Crippen LogP contribution is 2.32. The number of imide groups is 1. The summed E-state index contributed by atoms with van der Waals surface area (Å²) in [5.74, 6) is -0.0558. The molecule has 1 N–H and O–H groups in total. The maximum absolute atomic E-state index is 13.8. The van der Waals surface area contributed by atoms with Gasteiger partial charge in [-0.1, -0.05) is 48.0 Å². The quantitative estimate of drug-likeness (QED) is 0.618. The molecule has 1 saturated heterocycles. The van der Waals surface area contributed by atoms with E-state index in [0.29, 0.717) is 5.75 Å². The molecule has 0 bridgehead atoms. The number of nitrogens with one attached hydrogen (secondary N) is 1. The minimum absolute atomic E-state index is 0.0769. The standard InChI is InChI=1S/C22H21FN2O3S2/c1-15-5-4-6-16(11-15)13-29-14-20(26)24-9-10-25-21(27)19(30-22(25)28)12-17-7-2-3-8-18(17)23/h2-8,11-12H,9-10,13-14H2,1H3,(H,24,26)/b19-12-. The average Bonchev–Trinajstić information content (AvgIpc) is 2.97. The zero-order valence-corrected chi connectivity index (χ0v) is 18.0. The van der Waals surface area contributed by atoms with E-state index in [9.17, 15) is 18.8 Å². The molecule has 156 valence electrons. The Labute approximate surface area is 183 Å². The molecule has 0 spiro atoms. The van der Waals surface area contributed by atoms with Crippen LogP contribution in [0.3, 0.4) is 0 Å². The first-order valence-corrected chi connectivity index (χ1v) is 11.3. The second kappa shape index (κ2) is 10.4. The Morgan fingerprint density at radius 3 is 2.77 bits per heavy atom. The molecule has 8 heteroatoms. The van der Waals surface area contributed by atoms with Crippen LogP contribution < -0.4 is 5.32 Å². The molecule has 0 saturated carbocycles. The number of halogens is 1. The summed E-state index contributed by atoms with van der Waals surface area (Å²) in [4.78, 5) is 37.8. The molecule has 1 aliphatic heterocycles. The topological polar surface area (TPSA) is 66.5 Å². The number of amides is 3. The van der Waals surface area contributed by atoms with Gasteiger partial charge >= 0.3 is 0 Å². The van der Waals surface area contributed by atoms with Gasteiger partial charge in [-0.2, -0.15) is 0 Å². The van der Waals surface area contributed by atoms with E-state index in [0.717, 1.165) is 28.0 Å². The maximum atomic E-state index is 13.8. The SMILES string of the molecule is Cc1cccc(CSCC(=O)NCCN2C(=O)S/C(=C\c3ccccc3F)C2=O)c1. The van der Waals surface area contributed by atoms with Crippen molar-refractivity contribution in [2.75, 3.05) is 18.8 Å². The molecule has 1 fully saturated rings. The summed E-state index contributed by atoms with van der Waals surface area (Å²) in [6, 6.07) is 14.2. The van der Waals surface area contributed by atoms with E-state index in [-0.39, 0.29) is 29.5 Å². The van der Waals surface area contributed by atoms with E-state index in [2.05, 4.69) is 11.4 Å². The van der Waals surface area contributed by atoms with Crippen molar-refractivity contribution in [3.63, 3.8) is 0 Å². The highest BCUT2D eigenvalue weighted by Gasteiger charge is 2.34. The molecule has 0 aliphatic carbocycles. The third-order valence-corrected chi connectivity index (χ3v) is 6.22. The first kappa shape index (κ1) is 22.1.